The topological polar surface area (TPSA) is 95.3 Å². The summed E-state index contributed by atoms with van der Waals surface area (Å²) in [5.41, 5.74) is 3.20. The monoisotopic (exact) mass is 490 g/mol. The Morgan fingerprint density at radius 2 is 2.03 bits per heavy atom. The number of nitrogens with one attached hydrogen (secondary N) is 1. The molecule has 2 aliphatic rings. The molecule has 8 heteroatoms. The lowest BCUT2D eigenvalue weighted by Gasteiger charge is -2.30. The smallest absolute Gasteiger partial charge is 0.241 e. The van der Waals surface area contributed by atoms with Crippen LogP contribution < -0.4 is 9.46 Å². The quantitative estimate of drug-likeness (QED) is 0.541. The molecule has 3 atom stereocenters. The molecule has 1 aromatic heterocycles. The second-order valence-corrected chi connectivity index (χ2v) is 11.4. The first-order valence-corrected chi connectivity index (χ1v) is 13.5. The highest BCUT2D eigenvalue weighted by Crippen LogP contribution is 2.37. The SMILES string of the molecule is COc1ccc2ncc(C#N)c(CCN3CC4CC(NS(=O)(=O)c5ccccc5C)CC3C4)c2c1. The van der Waals surface area contributed by atoms with Crippen LogP contribution in [0, 0.1) is 24.2 Å². The van der Waals surface area contributed by atoms with Crippen LogP contribution in [0.4, 0.5) is 0 Å². The molecule has 3 unspecified atom stereocenters. The Balaban J connectivity index is 1.30. The Labute approximate surface area is 206 Å². The molecule has 1 saturated carbocycles. The first kappa shape index (κ1) is 23.7. The van der Waals surface area contributed by atoms with Crippen LogP contribution in [0.3, 0.4) is 0 Å². The number of hydrogen-bond donors (Lipinski definition) is 1. The zero-order valence-corrected chi connectivity index (χ0v) is 20.9. The van der Waals surface area contributed by atoms with Gasteiger partial charge >= 0.3 is 0 Å². The van der Waals surface area contributed by atoms with Crippen LogP contribution in [0.5, 0.6) is 5.75 Å². The van der Waals surface area contributed by atoms with Crippen LogP contribution in [-0.4, -0.2) is 50.6 Å². The molecule has 2 aromatic carbocycles. The van der Waals surface area contributed by atoms with Crippen molar-refractivity contribution >= 4 is 20.9 Å². The molecule has 7 nitrogen and oxygen atoms in total. The zero-order valence-electron chi connectivity index (χ0n) is 20.1. The van der Waals surface area contributed by atoms with E-state index in [1.165, 1.54) is 0 Å². The van der Waals surface area contributed by atoms with Crippen LogP contribution in [0.1, 0.15) is 36.0 Å². The van der Waals surface area contributed by atoms with E-state index in [1.54, 1.807) is 25.4 Å². The van der Waals surface area contributed by atoms with Crippen LogP contribution in [0.25, 0.3) is 10.9 Å². The van der Waals surface area contributed by atoms with E-state index in [0.29, 0.717) is 22.4 Å². The third-order valence-corrected chi connectivity index (χ3v) is 9.13. The number of methoxy groups -OCH3 is 1. The summed E-state index contributed by atoms with van der Waals surface area (Å²) in [4.78, 5) is 7.27. The largest absolute Gasteiger partial charge is 0.497 e. The van der Waals surface area contributed by atoms with Gasteiger partial charge in [0.15, 0.2) is 0 Å². The number of ether oxygens (including phenoxy) is 1. The van der Waals surface area contributed by atoms with Crippen LogP contribution in [0.2, 0.25) is 0 Å². The molecular formula is C27H30N4O3S. The molecule has 1 saturated heterocycles. The summed E-state index contributed by atoms with van der Waals surface area (Å²) in [6.45, 7) is 3.61. The number of sulfonamides is 1. The minimum absolute atomic E-state index is 0.0611. The maximum atomic E-state index is 13.0. The zero-order chi connectivity index (χ0) is 24.6. The van der Waals surface area contributed by atoms with E-state index in [2.05, 4.69) is 20.7 Å². The summed E-state index contributed by atoms with van der Waals surface area (Å²) in [6, 6.07) is 15.5. The van der Waals surface area contributed by atoms with Crippen LogP contribution in [0.15, 0.2) is 53.6 Å². The van der Waals surface area contributed by atoms with Gasteiger partial charge in [-0.3, -0.25) is 9.88 Å². The standard InChI is InChI=1S/C27H30N4O3S/c1-18-5-3-4-6-27(18)35(32,33)30-21-11-19-12-22(13-21)31(17-19)10-9-24-20(15-28)16-29-26-8-7-23(34-2)14-25(24)26/h3-8,14,16,19,21-22,30H,9-13,17H2,1-2H3. The molecule has 182 valence electrons. The first-order valence-electron chi connectivity index (χ1n) is 12.1. The second kappa shape index (κ2) is 9.57. The van der Waals surface area contributed by atoms with Crippen LogP contribution in [-0.2, 0) is 16.4 Å². The fraction of sp³-hybridized carbons (Fsp3) is 0.407. The third-order valence-electron chi connectivity index (χ3n) is 7.45. The van der Waals surface area contributed by atoms with Crippen molar-refractivity contribution in [2.75, 3.05) is 20.2 Å². The highest BCUT2D eigenvalue weighted by molar-refractivity contribution is 7.89. The number of hydrogen-bond acceptors (Lipinski definition) is 6. The van der Waals surface area contributed by atoms with Crippen molar-refractivity contribution in [2.45, 2.75) is 49.6 Å². The Kier molecular flexibility index (Phi) is 6.49. The maximum Gasteiger partial charge on any atom is 0.241 e. The molecule has 2 fully saturated rings. The van der Waals surface area contributed by atoms with E-state index < -0.39 is 10.0 Å². The Morgan fingerprint density at radius 1 is 1.20 bits per heavy atom. The molecule has 0 amide bonds. The summed E-state index contributed by atoms with van der Waals surface area (Å²) >= 11 is 0. The molecular weight excluding hydrogens is 460 g/mol. The van der Waals surface area contributed by atoms with E-state index in [4.69, 9.17) is 4.74 Å². The van der Waals surface area contributed by atoms with Crippen molar-refractivity contribution in [1.82, 2.24) is 14.6 Å². The van der Waals surface area contributed by atoms with E-state index in [1.807, 2.05) is 37.3 Å². The van der Waals surface area contributed by atoms with Gasteiger partial charge in [-0.15, -0.1) is 0 Å². The van der Waals surface area contributed by atoms with Gasteiger partial charge in [0, 0.05) is 36.8 Å². The van der Waals surface area contributed by atoms with Gasteiger partial charge in [0.1, 0.15) is 11.8 Å². The average Bonchev–Trinajstić information content (AvgIpc) is 3.14. The fourth-order valence-electron chi connectivity index (χ4n) is 5.82. The number of fused-ring (bicyclic) bond motifs is 3. The highest BCUT2D eigenvalue weighted by atomic mass is 32.2. The molecule has 0 radical (unpaired) electrons. The van der Waals surface area contributed by atoms with Crippen molar-refractivity contribution in [2.24, 2.45) is 5.92 Å². The maximum absolute atomic E-state index is 13.0. The Hall–Kier alpha value is -2.99. The van der Waals surface area contributed by atoms with Gasteiger partial charge in [0.2, 0.25) is 10.0 Å². The van der Waals surface area contributed by atoms with Gasteiger partial charge in [0.25, 0.3) is 0 Å². The normalized spacial score (nSPS) is 22.3. The van der Waals surface area contributed by atoms with Gasteiger partial charge in [0.05, 0.1) is 23.1 Å². The van der Waals surface area contributed by atoms with E-state index in [0.717, 1.165) is 66.6 Å². The highest BCUT2D eigenvalue weighted by Gasteiger charge is 2.40. The van der Waals surface area contributed by atoms with Crippen molar-refractivity contribution in [3.8, 4) is 11.8 Å². The van der Waals surface area contributed by atoms with E-state index >= 15 is 0 Å². The number of likely N-dealkylation sites (tertiary alicyclic amines) is 1. The lowest BCUT2D eigenvalue weighted by molar-refractivity contribution is 0.236. The van der Waals surface area contributed by atoms with Crippen molar-refractivity contribution in [3.05, 3.63) is 65.4 Å². The van der Waals surface area contributed by atoms with Gasteiger partial charge in [-0.2, -0.15) is 5.26 Å². The molecule has 1 aliphatic carbocycles. The number of aryl methyl sites for hydroxylation is 1. The molecule has 5 rings (SSSR count). The molecule has 1 aliphatic heterocycles. The number of rotatable bonds is 7. The lowest BCUT2D eigenvalue weighted by atomic mass is 9.87. The number of nitrogens with zero attached hydrogens (tertiary/aromatic N) is 3. The molecule has 3 aromatic rings. The minimum atomic E-state index is -3.55. The summed E-state index contributed by atoms with van der Waals surface area (Å²) in [5, 5.41) is 10.7. The van der Waals surface area contributed by atoms with Gasteiger partial charge in [-0.25, -0.2) is 13.1 Å². The minimum Gasteiger partial charge on any atom is -0.497 e. The lowest BCUT2D eigenvalue weighted by Crippen LogP contribution is -2.42. The number of benzene rings is 2. The molecule has 2 heterocycles. The van der Waals surface area contributed by atoms with Crippen molar-refractivity contribution < 1.29 is 13.2 Å². The van der Waals surface area contributed by atoms with Crippen molar-refractivity contribution in [3.63, 3.8) is 0 Å². The Morgan fingerprint density at radius 3 is 2.80 bits per heavy atom. The summed E-state index contributed by atoms with van der Waals surface area (Å²) < 4.78 is 34.4. The van der Waals surface area contributed by atoms with Crippen molar-refractivity contribution in [1.29, 1.82) is 5.26 Å². The number of nitriles is 1. The van der Waals surface area contributed by atoms with Gasteiger partial charge < -0.3 is 4.74 Å². The summed E-state index contributed by atoms with van der Waals surface area (Å²) in [7, 11) is -1.91. The molecule has 2 bridgehead atoms. The summed E-state index contributed by atoms with van der Waals surface area (Å²) in [5.74, 6) is 1.22. The Bertz CT molecular complexity index is 1400. The molecule has 0 spiro atoms. The predicted molar refractivity (Wildman–Crippen MR) is 135 cm³/mol. The molecule has 35 heavy (non-hydrogen) atoms. The van der Waals surface area contributed by atoms with Gasteiger partial charge in [-0.05, 0) is 73.9 Å². The second-order valence-electron chi connectivity index (χ2n) is 9.70. The number of aromatic nitrogens is 1. The van der Waals surface area contributed by atoms with E-state index in [9.17, 15) is 13.7 Å². The summed E-state index contributed by atoms with van der Waals surface area (Å²) in [6.07, 6.45) is 5.15. The van der Waals surface area contributed by atoms with E-state index in [-0.39, 0.29) is 6.04 Å². The van der Waals surface area contributed by atoms with Gasteiger partial charge in [-0.1, -0.05) is 18.2 Å². The number of pyridine rings is 1. The predicted octanol–water partition coefficient (Wildman–Crippen LogP) is 3.80. The first-order chi connectivity index (χ1) is 16.9. The average molecular weight is 491 g/mol. The fourth-order valence-corrected chi connectivity index (χ4v) is 7.33. The van der Waals surface area contributed by atoms with Crippen LogP contribution >= 0.6 is 0 Å². The molecule has 1 N–H and O–H groups in total. The third kappa shape index (κ3) is 4.76.